The number of rotatable bonds is 9. The molecule has 2 saturated carbocycles. The van der Waals surface area contributed by atoms with E-state index in [1.807, 2.05) is 0 Å². The lowest BCUT2D eigenvalue weighted by Gasteiger charge is -2.38. The van der Waals surface area contributed by atoms with Crippen molar-refractivity contribution in [2.24, 2.45) is 29.6 Å². The van der Waals surface area contributed by atoms with Crippen molar-refractivity contribution in [2.75, 3.05) is 0 Å². The van der Waals surface area contributed by atoms with Crippen LogP contribution in [0.1, 0.15) is 140 Å². The van der Waals surface area contributed by atoms with Gasteiger partial charge in [-0.2, -0.15) is 0 Å². The van der Waals surface area contributed by atoms with Gasteiger partial charge in [-0.15, -0.1) is 0 Å². The summed E-state index contributed by atoms with van der Waals surface area (Å²) in [5.74, 6) is 5.49. The van der Waals surface area contributed by atoms with Crippen molar-refractivity contribution in [3.05, 3.63) is 46.5 Å². The zero-order valence-corrected chi connectivity index (χ0v) is 23.2. The molecule has 0 bridgehead atoms. The molecule has 3 aliphatic carbocycles. The fourth-order valence-electron chi connectivity index (χ4n) is 7.71. The molecule has 34 heavy (non-hydrogen) atoms. The van der Waals surface area contributed by atoms with Crippen molar-refractivity contribution in [3.63, 3.8) is 0 Å². The van der Waals surface area contributed by atoms with Gasteiger partial charge in [0.15, 0.2) is 0 Å². The largest absolute Gasteiger partial charge is 0.0892 e. The molecule has 0 N–H and O–H groups in total. The summed E-state index contributed by atoms with van der Waals surface area (Å²) in [6.07, 6.45) is 23.4. The fourth-order valence-corrected chi connectivity index (χ4v) is 8.17. The van der Waals surface area contributed by atoms with Crippen LogP contribution in [0.4, 0.5) is 0 Å². The molecule has 0 amide bonds. The maximum absolute atomic E-state index is 6.99. The summed E-state index contributed by atoms with van der Waals surface area (Å²) in [5, 5.41) is 1.16. The Kier molecular flexibility index (Phi) is 10.1. The van der Waals surface area contributed by atoms with Crippen LogP contribution in [0, 0.1) is 29.6 Å². The molecule has 1 heteroatoms. The Morgan fingerprint density at radius 2 is 1.35 bits per heavy atom. The first-order chi connectivity index (χ1) is 16.6. The van der Waals surface area contributed by atoms with Crippen molar-refractivity contribution in [1.29, 1.82) is 0 Å². The van der Waals surface area contributed by atoms with Gasteiger partial charge in [0.1, 0.15) is 0 Å². The molecular formula is C33H51Cl. The Labute approximate surface area is 216 Å². The summed E-state index contributed by atoms with van der Waals surface area (Å²) in [4.78, 5) is 0. The molecule has 0 spiro atoms. The highest BCUT2D eigenvalue weighted by molar-refractivity contribution is 6.30. The standard InChI is InChI=1S/C33H51Cl/c1-4-6-8-26-9-13-27(14-10-26)24(3)32-22-21-31(23-33(32)34)30-19-17-29(18-20-30)28-15-11-25(7-5-2)12-16-28/h17-20,23-28,31-32H,4-16,21-22H2,1-3H3/t24?,25-,26-,27-,28-,31-,32+/m1/s1. The lowest BCUT2D eigenvalue weighted by Crippen LogP contribution is -2.27. The topological polar surface area (TPSA) is 0 Å². The summed E-state index contributed by atoms with van der Waals surface area (Å²) in [6, 6.07) is 9.71. The quantitative estimate of drug-likeness (QED) is 0.328. The summed E-state index contributed by atoms with van der Waals surface area (Å²) in [5.41, 5.74) is 3.05. The van der Waals surface area contributed by atoms with E-state index in [9.17, 15) is 0 Å². The van der Waals surface area contributed by atoms with E-state index in [0.29, 0.717) is 11.8 Å². The van der Waals surface area contributed by atoms with E-state index in [1.54, 1.807) is 5.56 Å². The Hall–Kier alpha value is -0.750. The maximum atomic E-state index is 6.99. The van der Waals surface area contributed by atoms with E-state index in [0.717, 1.165) is 34.6 Å². The summed E-state index contributed by atoms with van der Waals surface area (Å²) < 4.78 is 0. The molecule has 0 heterocycles. The molecule has 1 unspecified atom stereocenters. The van der Waals surface area contributed by atoms with Gasteiger partial charge in [-0.1, -0.05) is 108 Å². The molecule has 3 aliphatic rings. The van der Waals surface area contributed by atoms with Gasteiger partial charge in [0.25, 0.3) is 0 Å². The molecule has 0 aromatic heterocycles. The third kappa shape index (κ3) is 6.72. The fraction of sp³-hybridized carbons (Fsp3) is 0.758. The van der Waals surface area contributed by atoms with E-state index in [4.69, 9.17) is 11.6 Å². The van der Waals surface area contributed by atoms with Crippen LogP contribution in [0.5, 0.6) is 0 Å². The number of halogens is 1. The molecule has 190 valence electrons. The van der Waals surface area contributed by atoms with Crippen molar-refractivity contribution in [2.45, 2.75) is 129 Å². The predicted octanol–water partition coefficient (Wildman–Crippen LogP) is 11.0. The second kappa shape index (κ2) is 13.0. The lowest BCUT2D eigenvalue weighted by molar-refractivity contribution is 0.167. The van der Waals surface area contributed by atoms with E-state index in [1.165, 1.54) is 102 Å². The smallest absolute Gasteiger partial charge is 0.0181 e. The summed E-state index contributed by atoms with van der Waals surface area (Å²) in [7, 11) is 0. The first kappa shape index (κ1) is 26.3. The minimum Gasteiger partial charge on any atom is -0.0892 e. The normalized spacial score (nSPS) is 33.4. The Bertz CT molecular complexity index is 745. The average Bonchev–Trinajstić information content (AvgIpc) is 2.88. The molecule has 4 rings (SSSR count). The molecule has 0 nitrogen and oxygen atoms in total. The third-order valence-electron chi connectivity index (χ3n) is 10.1. The van der Waals surface area contributed by atoms with Crippen molar-refractivity contribution in [3.8, 4) is 0 Å². The number of hydrogen-bond acceptors (Lipinski definition) is 0. The lowest BCUT2D eigenvalue weighted by atomic mass is 9.68. The van der Waals surface area contributed by atoms with Gasteiger partial charge in [-0.3, -0.25) is 0 Å². The van der Waals surface area contributed by atoms with Gasteiger partial charge in [0.2, 0.25) is 0 Å². The van der Waals surface area contributed by atoms with Crippen molar-refractivity contribution in [1.82, 2.24) is 0 Å². The van der Waals surface area contributed by atoms with E-state index >= 15 is 0 Å². The monoisotopic (exact) mass is 482 g/mol. The van der Waals surface area contributed by atoms with Crippen LogP contribution in [0.15, 0.2) is 35.4 Å². The second-order valence-corrected chi connectivity index (χ2v) is 12.7. The van der Waals surface area contributed by atoms with Crippen LogP contribution in [-0.2, 0) is 0 Å². The minimum atomic E-state index is 0.509. The number of allylic oxidation sites excluding steroid dienone is 2. The maximum Gasteiger partial charge on any atom is 0.0181 e. The molecule has 0 saturated heterocycles. The average molecular weight is 483 g/mol. The summed E-state index contributed by atoms with van der Waals surface area (Å²) >= 11 is 6.99. The first-order valence-corrected chi connectivity index (χ1v) is 15.4. The van der Waals surface area contributed by atoms with Crippen molar-refractivity contribution < 1.29 is 0 Å². The molecule has 3 atom stereocenters. The van der Waals surface area contributed by atoms with Crippen LogP contribution in [-0.4, -0.2) is 0 Å². The highest BCUT2D eigenvalue weighted by Crippen LogP contribution is 2.46. The third-order valence-corrected chi connectivity index (χ3v) is 10.5. The Morgan fingerprint density at radius 3 is 1.97 bits per heavy atom. The van der Waals surface area contributed by atoms with E-state index in [-0.39, 0.29) is 0 Å². The van der Waals surface area contributed by atoms with E-state index in [2.05, 4.69) is 51.1 Å². The van der Waals surface area contributed by atoms with Gasteiger partial charge in [0.05, 0.1) is 0 Å². The number of unbranched alkanes of at least 4 members (excludes halogenated alkanes) is 1. The van der Waals surface area contributed by atoms with Gasteiger partial charge >= 0.3 is 0 Å². The molecule has 0 radical (unpaired) electrons. The summed E-state index contributed by atoms with van der Waals surface area (Å²) in [6.45, 7) is 7.16. The highest BCUT2D eigenvalue weighted by atomic mass is 35.5. The van der Waals surface area contributed by atoms with Gasteiger partial charge < -0.3 is 0 Å². The zero-order valence-electron chi connectivity index (χ0n) is 22.4. The second-order valence-electron chi connectivity index (χ2n) is 12.3. The molecule has 0 aliphatic heterocycles. The SMILES string of the molecule is CCCC[C@H]1CC[C@H](C(C)[C@@H]2CC[C@@H](c3ccc([C@H]4CC[C@H](CCC)CC4)cc3)C=C2Cl)CC1. The van der Waals surface area contributed by atoms with Crippen LogP contribution in [0.2, 0.25) is 0 Å². The Morgan fingerprint density at radius 1 is 0.735 bits per heavy atom. The number of hydrogen-bond donors (Lipinski definition) is 0. The van der Waals surface area contributed by atoms with Crippen LogP contribution < -0.4 is 0 Å². The van der Waals surface area contributed by atoms with Crippen LogP contribution in [0.25, 0.3) is 0 Å². The Balaban J connectivity index is 1.29. The van der Waals surface area contributed by atoms with E-state index < -0.39 is 0 Å². The molecule has 1 aromatic rings. The molecule has 1 aromatic carbocycles. The predicted molar refractivity (Wildman–Crippen MR) is 150 cm³/mol. The highest BCUT2D eigenvalue weighted by Gasteiger charge is 2.33. The molecule has 2 fully saturated rings. The minimum absolute atomic E-state index is 0.509. The number of benzene rings is 1. The van der Waals surface area contributed by atoms with Gasteiger partial charge in [-0.05, 0) is 98.0 Å². The van der Waals surface area contributed by atoms with Crippen molar-refractivity contribution >= 4 is 11.6 Å². The van der Waals surface area contributed by atoms with Gasteiger partial charge in [-0.25, -0.2) is 0 Å². The zero-order chi connectivity index (χ0) is 23.9. The first-order valence-electron chi connectivity index (χ1n) is 15.1. The van der Waals surface area contributed by atoms with Crippen LogP contribution >= 0.6 is 11.6 Å². The van der Waals surface area contributed by atoms with Gasteiger partial charge in [0, 0.05) is 11.0 Å². The molecular weight excluding hydrogens is 432 g/mol. The van der Waals surface area contributed by atoms with Crippen LogP contribution in [0.3, 0.4) is 0 Å².